The minimum Gasteiger partial charge on any atom is -0.476 e. The van der Waals surface area contributed by atoms with Crippen LogP contribution < -0.4 is 4.52 Å². The maximum absolute atomic E-state index is 11.5. The molecule has 0 bridgehead atoms. The average molecular weight is 252 g/mol. The van der Waals surface area contributed by atoms with E-state index in [2.05, 4.69) is 14.2 Å². The number of furan rings is 1. The van der Waals surface area contributed by atoms with Crippen molar-refractivity contribution in [3.8, 4) is 5.75 Å². The van der Waals surface area contributed by atoms with E-state index in [9.17, 15) is 9.59 Å². The number of esters is 1. The molecule has 0 saturated heterocycles. The molecule has 0 radical (unpaired) electrons. The molecule has 2 rings (SSSR count). The molecule has 0 amide bonds. The highest BCUT2D eigenvalue weighted by atomic mass is 31.0. The predicted molar refractivity (Wildman–Crippen MR) is 63.3 cm³/mol. The Kier molecular flexibility index (Phi) is 3.11. The van der Waals surface area contributed by atoms with Crippen molar-refractivity contribution in [2.75, 3.05) is 7.11 Å². The van der Waals surface area contributed by atoms with Gasteiger partial charge < -0.3 is 13.7 Å². The minimum atomic E-state index is -0.497. The molecule has 1 unspecified atom stereocenters. The van der Waals surface area contributed by atoms with Crippen LogP contribution in [-0.2, 0) is 4.74 Å². The second kappa shape index (κ2) is 4.55. The Labute approximate surface area is 99.0 Å². The number of benzene rings is 1. The second-order valence-corrected chi connectivity index (χ2v) is 3.47. The Balaban J connectivity index is 2.75. The van der Waals surface area contributed by atoms with E-state index in [0.717, 1.165) is 0 Å². The first-order valence-electron chi connectivity index (χ1n) is 4.68. The molecule has 17 heavy (non-hydrogen) atoms. The lowest BCUT2D eigenvalue weighted by Crippen LogP contribution is -2.01. The molecule has 6 heteroatoms. The van der Waals surface area contributed by atoms with Gasteiger partial charge in [0, 0.05) is 5.39 Å². The van der Waals surface area contributed by atoms with Gasteiger partial charge in [-0.15, -0.1) is 0 Å². The monoisotopic (exact) mass is 252 g/mol. The molecule has 0 aliphatic carbocycles. The third-order valence-corrected chi connectivity index (χ3v) is 2.57. The summed E-state index contributed by atoms with van der Waals surface area (Å²) in [6.07, 6.45) is 0.563. The highest BCUT2D eigenvalue weighted by Gasteiger charge is 2.17. The van der Waals surface area contributed by atoms with Gasteiger partial charge in [-0.2, -0.15) is 0 Å². The minimum absolute atomic E-state index is 0.125. The van der Waals surface area contributed by atoms with E-state index in [1.165, 1.54) is 13.2 Å². The fourth-order valence-electron chi connectivity index (χ4n) is 1.56. The molecule has 5 nitrogen and oxygen atoms in total. The van der Waals surface area contributed by atoms with Crippen molar-refractivity contribution in [1.82, 2.24) is 0 Å². The molecule has 0 saturated carbocycles. The van der Waals surface area contributed by atoms with Crippen molar-refractivity contribution in [2.45, 2.75) is 0 Å². The number of carbonyl (C=O) groups excluding carboxylic acids is 2. The van der Waals surface area contributed by atoms with Gasteiger partial charge in [-0.1, -0.05) is 0 Å². The van der Waals surface area contributed by atoms with Crippen LogP contribution in [0.25, 0.3) is 11.0 Å². The van der Waals surface area contributed by atoms with E-state index in [1.54, 1.807) is 12.1 Å². The van der Waals surface area contributed by atoms with Gasteiger partial charge in [0.15, 0.2) is 23.4 Å². The number of rotatable bonds is 3. The van der Waals surface area contributed by atoms with E-state index in [1.807, 2.05) is 0 Å². The first-order chi connectivity index (χ1) is 8.21. The standard InChI is InChI=1S/C11H9O5P/c1-14-11(13)7-2-3-9(16-17)10-8(7)4-6(5-12)15-10/h2-5H,17H2,1H3. The van der Waals surface area contributed by atoms with Gasteiger partial charge in [0.25, 0.3) is 0 Å². The fourth-order valence-corrected chi connectivity index (χ4v) is 1.74. The van der Waals surface area contributed by atoms with Crippen molar-refractivity contribution in [3.05, 3.63) is 29.5 Å². The third-order valence-electron chi connectivity index (χ3n) is 2.31. The lowest BCUT2D eigenvalue weighted by atomic mass is 10.1. The summed E-state index contributed by atoms with van der Waals surface area (Å²) in [5, 5.41) is 0.485. The SMILES string of the molecule is COC(=O)c1ccc(OP)c2oc(C=O)cc12. The number of carbonyl (C=O) groups is 2. The van der Waals surface area contributed by atoms with Gasteiger partial charge in [-0.25, -0.2) is 4.79 Å². The molecule has 0 N–H and O–H groups in total. The van der Waals surface area contributed by atoms with Gasteiger partial charge >= 0.3 is 5.97 Å². The summed E-state index contributed by atoms with van der Waals surface area (Å²) >= 11 is 0. The summed E-state index contributed by atoms with van der Waals surface area (Å²) in [5.41, 5.74) is 0.662. The van der Waals surface area contributed by atoms with Crippen molar-refractivity contribution in [1.29, 1.82) is 0 Å². The molecule has 1 atom stereocenters. The molecule has 1 aromatic heterocycles. The first kappa shape index (κ1) is 11.6. The predicted octanol–water partition coefficient (Wildman–Crippen LogP) is 2.20. The second-order valence-electron chi connectivity index (χ2n) is 3.23. The van der Waals surface area contributed by atoms with E-state index >= 15 is 0 Å². The van der Waals surface area contributed by atoms with Gasteiger partial charge in [0.1, 0.15) is 0 Å². The highest BCUT2D eigenvalue weighted by molar-refractivity contribution is 7.10. The quantitative estimate of drug-likeness (QED) is 0.476. The fraction of sp³-hybridized carbons (Fsp3) is 0.0909. The van der Waals surface area contributed by atoms with Gasteiger partial charge in [0.2, 0.25) is 0 Å². The van der Waals surface area contributed by atoms with Gasteiger partial charge in [-0.3, -0.25) is 4.79 Å². The maximum Gasteiger partial charge on any atom is 0.338 e. The Bertz CT molecular complexity index is 587. The molecule has 88 valence electrons. The van der Waals surface area contributed by atoms with E-state index in [-0.39, 0.29) is 5.76 Å². The zero-order valence-corrected chi connectivity index (χ0v) is 10.1. The molecular formula is C11H9O5P. The Morgan fingerprint density at radius 1 is 1.47 bits per heavy atom. The van der Waals surface area contributed by atoms with Crippen LogP contribution in [-0.4, -0.2) is 19.4 Å². The van der Waals surface area contributed by atoms with Crippen LogP contribution in [0.3, 0.4) is 0 Å². The molecular weight excluding hydrogens is 243 g/mol. The average Bonchev–Trinajstić information content (AvgIpc) is 2.80. The van der Waals surface area contributed by atoms with Crippen LogP contribution in [0, 0.1) is 0 Å². The van der Waals surface area contributed by atoms with E-state index in [4.69, 9.17) is 8.94 Å². The zero-order valence-electron chi connectivity index (χ0n) is 8.93. The van der Waals surface area contributed by atoms with Crippen LogP contribution in [0.5, 0.6) is 5.75 Å². The Hall–Kier alpha value is -1.87. The third kappa shape index (κ3) is 1.89. The Morgan fingerprint density at radius 3 is 2.82 bits per heavy atom. The summed E-state index contributed by atoms with van der Waals surface area (Å²) in [4.78, 5) is 22.2. The normalized spacial score (nSPS) is 10.2. The summed E-state index contributed by atoms with van der Waals surface area (Å²) < 4.78 is 14.9. The van der Waals surface area contributed by atoms with E-state index in [0.29, 0.717) is 28.6 Å². The number of methoxy groups -OCH3 is 1. The van der Waals surface area contributed by atoms with E-state index < -0.39 is 5.97 Å². The number of hydrogen-bond donors (Lipinski definition) is 0. The lowest BCUT2D eigenvalue weighted by molar-refractivity contribution is 0.0603. The summed E-state index contributed by atoms with van der Waals surface area (Å²) in [6.45, 7) is 0. The molecule has 0 aliphatic heterocycles. The van der Waals surface area contributed by atoms with Crippen molar-refractivity contribution < 1.29 is 23.3 Å². The van der Waals surface area contributed by atoms with Crippen LogP contribution in [0.2, 0.25) is 0 Å². The highest BCUT2D eigenvalue weighted by Crippen LogP contribution is 2.32. The first-order valence-corrected chi connectivity index (χ1v) is 5.15. The smallest absolute Gasteiger partial charge is 0.338 e. The summed E-state index contributed by atoms with van der Waals surface area (Å²) in [7, 11) is 3.37. The van der Waals surface area contributed by atoms with Gasteiger partial charge in [-0.05, 0) is 18.2 Å². The number of aldehydes is 1. The van der Waals surface area contributed by atoms with Gasteiger partial charge in [0.05, 0.1) is 22.1 Å². The van der Waals surface area contributed by atoms with Crippen LogP contribution in [0.15, 0.2) is 22.6 Å². The zero-order chi connectivity index (χ0) is 12.4. The molecule has 0 fully saturated rings. The summed E-state index contributed by atoms with van der Waals surface area (Å²) in [6, 6.07) is 4.60. The maximum atomic E-state index is 11.5. The lowest BCUT2D eigenvalue weighted by Gasteiger charge is -2.03. The summed E-state index contributed by atoms with van der Waals surface area (Å²) in [5.74, 6) is 0.0500. The molecule has 1 aromatic carbocycles. The van der Waals surface area contributed by atoms with Crippen molar-refractivity contribution in [3.63, 3.8) is 0 Å². The number of fused-ring (bicyclic) bond motifs is 1. The molecule has 1 heterocycles. The number of ether oxygens (including phenoxy) is 1. The van der Waals surface area contributed by atoms with Crippen molar-refractivity contribution in [2.24, 2.45) is 0 Å². The van der Waals surface area contributed by atoms with Crippen molar-refractivity contribution >= 4 is 32.7 Å². The number of hydrogen-bond acceptors (Lipinski definition) is 5. The molecule has 0 spiro atoms. The van der Waals surface area contributed by atoms with Crippen LogP contribution >= 0.6 is 9.47 Å². The van der Waals surface area contributed by atoms with Crippen LogP contribution in [0.1, 0.15) is 20.9 Å². The van der Waals surface area contributed by atoms with Crippen LogP contribution in [0.4, 0.5) is 0 Å². The molecule has 2 aromatic rings. The largest absolute Gasteiger partial charge is 0.476 e. The topological polar surface area (TPSA) is 65.7 Å². The molecule has 0 aliphatic rings. The Morgan fingerprint density at radius 2 is 2.24 bits per heavy atom.